The van der Waals surface area contributed by atoms with Crippen LogP contribution in [-0.4, -0.2) is 32.7 Å². The number of carboxylic acids is 1. The Bertz CT molecular complexity index is 643. The molecular weight excluding hydrogens is 310 g/mol. The predicted octanol–water partition coefficient (Wildman–Crippen LogP) is 1.95. The number of rotatable bonds is 6. The second-order valence-electron chi connectivity index (χ2n) is 4.08. The molecule has 1 amide bonds. The number of hydrogen-bond acceptors (Lipinski definition) is 6. The summed E-state index contributed by atoms with van der Waals surface area (Å²) in [6.45, 7) is 1.89. The maximum Gasteiger partial charge on any atom is 0.347 e. The Hall–Kier alpha value is -1.93. The van der Waals surface area contributed by atoms with Gasteiger partial charge in [-0.15, -0.1) is 23.1 Å². The Balaban J connectivity index is 1.81. The normalized spacial score (nSPS) is 10.3. The predicted molar refractivity (Wildman–Crippen MR) is 80.6 cm³/mol. The van der Waals surface area contributed by atoms with Gasteiger partial charge in [0.2, 0.25) is 5.91 Å². The van der Waals surface area contributed by atoms with E-state index in [2.05, 4.69) is 15.3 Å². The highest BCUT2D eigenvalue weighted by Crippen LogP contribution is 2.18. The zero-order valence-corrected chi connectivity index (χ0v) is 12.8. The highest BCUT2D eigenvalue weighted by molar-refractivity contribution is 8.00. The standard InChI is InChI=1S/C13H13N3O3S2/c1-8-12(13(18)19)21-11(16-8)6-15-10(17)7-20-9-2-4-14-5-3-9/h2-5H,6-7H2,1H3,(H,15,17)(H,18,19). The van der Waals surface area contributed by atoms with Crippen molar-refractivity contribution in [3.8, 4) is 0 Å². The lowest BCUT2D eigenvalue weighted by molar-refractivity contribution is -0.118. The molecule has 0 saturated heterocycles. The van der Waals surface area contributed by atoms with Crippen LogP contribution in [0.5, 0.6) is 0 Å². The van der Waals surface area contributed by atoms with Crippen molar-refractivity contribution >= 4 is 35.0 Å². The lowest BCUT2D eigenvalue weighted by atomic mass is 10.4. The van der Waals surface area contributed by atoms with Crippen molar-refractivity contribution in [2.24, 2.45) is 0 Å². The van der Waals surface area contributed by atoms with Gasteiger partial charge in [-0.2, -0.15) is 0 Å². The first kappa shape index (κ1) is 15.5. The number of carboxylic acid groups (broad SMARTS) is 1. The average molecular weight is 323 g/mol. The zero-order valence-electron chi connectivity index (χ0n) is 11.2. The van der Waals surface area contributed by atoms with Gasteiger partial charge in [-0.3, -0.25) is 9.78 Å². The summed E-state index contributed by atoms with van der Waals surface area (Å²) in [5.74, 6) is -0.822. The number of hydrogen-bond donors (Lipinski definition) is 2. The number of aromatic nitrogens is 2. The molecule has 0 aliphatic carbocycles. The third-order valence-electron chi connectivity index (χ3n) is 2.49. The van der Waals surface area contributed by atoms with E-state index in [-0.39, 0.29) is 17.3 Å². The smallest absolute Gasteiger partial charge is 0.347 e. The number of aryl methyl sites for hydroxylation is 1. The second kappa shape index (κ2) is 7.19. The van der Waals surface area contributed by atoms with E-state index in [1.165, 1.54) is 11.8 Å². The van der Waals surface area contributed by atoms with Crippen LogP contribution in [0.1, 0.15) is 20.4 Å². The number of nitrogens with zero attached hydrogens (tertiary/aromatic N) is 2. The van der Waals surface area contributed by atoms with E-state index >= 15 is 0 Å². The van der Waals surface area contributed by atoms with Crippen molar-refractivity contribution in [1.82, 2.24) is 15.3 Å². The molecule has 8 heteroatoms. The van der Waals surface area contributed by atoms with E-state index in [1.54, 1.807) is 19.3 Å². The summed E-state index contributed by atoms with van der Waals surface area (Å²) < 4.78 is 0. The van der Waals surface area contributed by atoms with Gasteiger partial charge in [0.1, 0.15) is 9.88 Å². The van der Waals surface area contributed by atoms with Gasteiger partial charge in [0.05, 0.1) is 18.0 Å². The Morgan fingerprint density at radius 3 is 2.71 bits per heavy atom. The number of pyridine rings is 1. The molecule has 2 N–H and O–H groups in total. The minimum Gasteiger partial charge on any atom is -0.477 e. The fraction of sp³-hybridized carbons (Fsp3) is 0.231. The van der Waals surface area contributed by atoms with Crippen molar-refractivity contribution < 1.29 is 14.7 Å². The Morgan fingerprint density at radius 2 is 2.10 bits per heavy atom. The number of thiazole rings is 1. The topological polar surface area (TPSA) is 92.2 Å². The summed E-state index contributed by atoms with van der Waals surface area (Å²) in [5.41, 5.74) is 0.475. The maximum absolute atomic E-state index is 11.7. The number of nitrogens with one attached hydrogen (secondary N) is 1. The maximum atomic E-state index is 11.7. The molecule has 6 nitrogen and oxygen atoms in total. The van der Waals surface area contributed by atoms with Crippen LogP contribution in [0.25, 0.3) is 0 Å². The average Bonchev–Trinajstić information content (AvgIpc) is 2.85. The molecule has 2 rings (SSSR count). The molecule has 110 valence electrons. The first-order chi connectivity index (χ1) is 10.1. The third-order valence-corrected chi connectivity index (χ3v) is 4.65. The van der Waals surface area contributed by atoms with Gasteiger partial charge in [-0.1, -0.05) is 0 Å². The third kappa shape index (κ3) is 4.54. The molecule has 21 heavy (non-hydrogen) atoms. The molecule has 2 aromatic rings. The molecule has 0 aromatic carbocycles. The van der Waals surface area contributed by atoms with Crippen molar-refractivity contribution in [1.29, 1.82) is 0 Å². The molecule has 0 spiro atoms. The molecule has 0 saturated carbocycles. The van der Waals surface area contributed by atoms with Gasteiger partial charge in [0, 0.05) is 17.3 Å². The SMILES string of the molecule is Cc1nc(CNC(=O)CSc2ccncc2)sc1C(=O)O. The number of aromatic carboxylic acids is 1. The first-order valence-corrected chi connectivity index (χ1v) is 7.85. The van der Waals surface area contributed by atoms with Crippen molar-refractivity contribution in [2.45, 2.75) is 18.4 Å². The van der Waals surface area contributed by atoms with Crippen LogP contribution in [0, 0.1) is 6.92 Å². The fourth-order valence-electron chi connectivity index (χ4n) is 1.53. The fourth-order valence-corrected chi connectivity index (χ4v) is 3.09. The summed E-state index contributed by atoms with van der Waals surface area (Å²) in [5, 5.41) is 12.3. The van der Waals surface area contributed by atoms with Gasteiger partial charge in [-0.25, -0.2) is 9.78 Å². The van der Waals surface area contributed by atoms with E-state index in [0.717, 1.165) is 16.2 Å². The van der Waals surface area contributed by atoms with E-state index < -0.39 is 5.97 Å². The van der Waals surface area contributed by atoms with Crippen molar-refractivity contribution in [2.75, 3.05) is 5.75 Å². The molecule has 0 radical (unpaired) electrons. The van der Waals surface area contributed by atoms with Crippen LogP contribution in [0.15, 0.2) is 29.4 Å². The van der Waals surface area contributed by atoms with Crippen LogP contribution in [-0.2, 0) is 11.3 Å². The minimum absolute atomic E-state index is 0.124. The first-order valence-electron chi connectivity index (χ1n) is 6.05. The van der Waals surface area contributed by atoms with Crippen molar-refractivity contribution in [3.63, 3.8) is 0 Å². The molecule has 2 heterocycles. The number of thioether (sulfide) groups is 1. The summed E-state index contributed by atoms with van der Waals surface area (Å²) >= 11 is 2.50. The Morgan fingerprint density at radius 1 is 1.38 bits per heavy atom. The summed E-state index contributed by atoms with van der Waals surface area (Å²) in [7, 11) is 0. The van der Waals surface area contributed by atoms with Gasteiger partial charge < -0.3 is 10.4 Å². The summed E-state index contributed by atoms with van der Waals surface area (Å²) in [6, 6.07) is 3.67. The van der Waals surface area contributed by atoms with E-state index in [4.69, 9.17) is 5.11 Å². The van der Waals surface area contributed by atoms with E-state index in [1.807, 2.05) is 12.1 Å². The highest BCUT2D eigenvalue weighted by atomic mass is 32.2. The van der Waals surface area contributed by atoms with Crippen LogP contribution in [0.3, 0.4) is 0 Å². The van der Waals surface area contributed by atoms with Crippen molar-refractivity contribution in [3.05, 3.63) is 40.1 Å². The molecular formula is C13H13N3O3S2. The highest BCUT2D eigenvalue weighted by Gasteiger charge is 2.14. The quantitative estimate of drug-likeness (QED) is 0.790. The lowest BCUT2D eigenvalue weighted by Crippen LogP contribution is -2.24. The minimum atomic E-state index is -0.990. The monoisotopic (exact) mass is 323 g/mol. The molecule has 2 aromatic heterocycles. The second-order valence-corrected chi connectivity index (χ2v) is 6.21. The van der Waals surface area contributed by atoms with Gasteiger partial charge in [-0.05, 0) is 19.1 Å². The van der Waals surface area contributed by atoms with Gasteiger partial charge >= 0.3 is 5.97 Å². The van der Waals surface area contributed by atoms with Crippen LogP contribution in [0.2, 0.25) is 0 Å². The van der Waals surface area contributed by atoms with Gasteiger partial charge in [0.25, 0.3) is 0 Å². The number of carbonyl (C=O) groups is 2. The zero-order chi connectivity index (χ0) is 15.2. The largest absolute Gasteiger partial charge is 0.477 e. The molecule has 0 fully saturated rings. The number of carbonyl (C=O) groups excluding carboxylic acids is 1. The number of amides is 1. The van der Waals surface area contributed by atoms with Crippen LogP contribution in [0.4, 0.5) is 0 Å². The van der Waals surface area contributed by atoms with E-state index in [0.29, 0.717) is 16.5 Å². The molecule has 0 aliphatic heterocycles. The van der Waals surface area contributed by atoms with E-state index in [9.17, 15) is 9.59 Å². The van der Waals surface area contributed by atoms with Gasteiger partial charge in [0.15, 0.2) is 0 Å². The molecule has 0 atom stereocenters. The Kier molecular flexibility index (Phi) is 5.29. The molecule has 0 aliphatic rings. The lowest BCUT2D eigenvalue weighted by Gasteiger charge is -2.03. The Labute approximate surface area is 129 Å². The molecule has 0 unspecified atom stereocenters. The summed E-state index contributed by atoms with van der Waals surface area (Å²) in [6.07, 6.45) is 3.35. The summed E-state index contributed by atoms with van der Waals surface area (Å²) in [4.78, 5) is 31.9. The molecule has 0 bridgehead atoms. The van der Waals surface area contributed by atoms with Crippen LogP contribution >= 0.6 is 23.1 Å². The van der Waals surface area contributed by atoms with Crippen LogP contribution < -0.4 is 5.32 Å².